The lowest BCUT2D eigenvalue weighted by atomic mass is 9.87. The molecule has 2 aromatic rings. The maximum absolute atomic E-state index is 12.4. The quantitative estimate of drug-likeness (QED) is 0.708. The molecule has 0 spiro atoms. The molecule has 1 aliphatic carbocycles. The lowest BCUT2D eigenvalue weighted by Crippen LogP contribution is -2.12. The predicted molar refractivity (Wildman–Crippen MR) is 83.5 cm³/mol. The largest absolute Gasteiger partial charge is 0.289 e. The SMILES string of the molecule is O=C1/C(=C\c2ccsc2)CCC/C1=C/c1ccsc1. The molecule has 96 valence electrons. The normalized spacial score (nSPS) is 20.3. The van der Waals surface area contributed by atoms with Gasteiger partial charge in [-0.2, -0.15) is 22.7 Å². The minimum absolute atomic E-state index is 0.226. The third-order valence-electron chi connectivity index (χ3n) is 3.24. The summed E-state index contributed by atoms with van der Waals surface area (Å²) >= 11 is 3.33. The van der Waals surface area contributed by atoms with E-state index in [0.29, 0.717) is 0 Å². The van der Waals surface area contributed by atoms with E-state index in [0.717, 1.165) is 41.5 Å². The number of allylic oxidation sites excluding steroid dienone is 2. The molecule has 0 N–H and O–H groups in total. The molecule has 0 amide bonds. The maximum atomic E-state index is 12.4. The van der Waals surface area contributed by atoms with Gasteiger partial charge < -0.3 is 0 Å². The molecule has 1 aliphatic rings. The monoisotopic (exact) mass is 286 g/mol. The van der Waals surface area contributed by atoms with Crippen LogP contribution < -0.4 is 0 Å². The van der Waals surface area contributed by atoms with Gasteiger partial charge in [-0.05, 0) is 76.2 Å². The molecule has 3 heteroatoms. The molecule has 0 atom stereocenters. The van der Waals surface area contributed by atoms with Gasteiger partial charge in [0.1, 0.15) is 0 Å². The third-order valence-corrected chi connectivity index (χ3v) is 4.65. The lowest BCUT2D eigenvalue weighted by Gasteiger charge is -2.16. The van der Waals surface area contributed by atoms with Crippen LogP contribution in [-0.4, -0.2) is 5.78 Å². The molecule has 1 fully saturated rings. The van der Waals surface area contributed by atoms with Gasteiger partial charge in [0.2, 0.25) is 0 Å². The minimum atomic E-state index is 0.226. The summed E-state index contributed by atoms with van der Waals surface area (Å²) in [6, 6.07) is 4.11. The van der Waals surface area contributed by atoms with Gasteiger partial charge in [-0.3, -0.25) is 4.79 Å². The Bertz CT molecular complexity index is 562. The molecule has 2 aromatic heterocycles. The fourth-order valence-electron chi connectivity index (χ4n) is 2.29. The highest BCUT2D eigenvalue weighted by atomic mass is 32.1. The number of ketones is 1. The van der Waals surface area contributed by atoms with Crippen molar-refractivity contribution in [1.82, 2.24) is 0 Å². The maximum Gasteiger partial charge on any atom is 0.185 e. The van der Waals surface area contributed by atoms with E-state index in [1.54, 1.807) is 22.7 Å². The average molecular weight is 286 g/mol. The summed E-state index contributed by atoms with van der Waals surface area (Å²) in [5.41, 5.74) is 4.19. The number of carbonyl (C=O) groups is 1. The highest BCUT2D eigenvalue weighted by molar-refractivity contribution is 7.08. The fourth-order valence-corrected chi connectivity index (χ4v) is 3.53. The summed E-state index contributed by atoms with van der Waals surface area (Å²) in [6.07, 6.45) is 6.95. The van der Waals surface area contributed by atoms with Crippen LogP contribution in [0.25, 0.3) is 12.2 Å². The second-order valence-corrected chi connectivity index (χ2v) is 6.20. The molecular weight excluding hydrogens is 272 g/mol. The molecule has 3 rings (SSSR count). The van der Waals surface area contributed by atoms with E-state index in [2.05, 4.69) is 22.9 Å². The highest BCUT2D eigenvalue weighted by Crippen LogP contribution is 2.28. The Hall–Kier alpha value is -1.45. The second kappa shape index (κ2) is 5.68. The van der Waals surface area contributed by atoms with E-state index in [4.69, 9.17) is 0 Å². The summed E-state index contributed by atoms with van der Waals surface area (Å²) in [7, 11) is 0. The molecule has 0 bridgehead atoms. The Morgan fingerprint density at radius 1 is 0.895 bits per heavy atom. The van der Waals surface area contributed by atoms with Crippen LogP contribution in [0.1, 0.15) is 30.4 Å². The number of thiophene rings is 2. The number of Topliss-reactive ketones (excluding diaryl/α,β-unsaturated/α-hetero) is 1. The summed E-state index contributed by atoms with van der Waals surface area (Å²) in [6.45, 7) is 0. The van der Waals surface area contributed by atoms with Crippen molar-refractivity contribution in [3.63, 3.8) is 0 Å². The predicted octanol–water partition coefficient (Wildman–Crippen LogP) is 5.03. The second-order valence-electron chi connectivity index (χ2n) is 4.64. The number of rotatable bonds is 2. The van der Waals surface area contributed by atoms with Crippen LogP contribution in [0.5, 0.6) is 0 Å². The van der Waals surface area contributed by atoms with E-state index < -0.39 is 0 Å². The van der Waals surface area contributed by atoms with Gasteiger partial charge in [0.15, 0.2) is 5.78 Å². The average Bonchev–Trinajstić information content (AvgIpc) is 3.07. The molecule has 0 radical (unpaired) electrons. The first-order valence-corrected chi connectivity index (χ1v) is 8.22. The van der Waals surface area contributed by atoms with Gasteiger partial charge in [0.25, 0.3) is 0 Å². The van der Waals surface area contributed by atoms with Gasteiger partial charge in [-0.25, -0.2) is 0 Å². The van der Waals surface area contributed by atoms with Crippen molar-refractivity contribution in [3.8, 4) is 0 Å². The number of hydrogen-bond acceptors (Lipinski definition) is 3. The molecule has 1 nitrogen and oxygen atoms in total. The molecule has 2 heterocycles. The lowest BCUT2D eigenvalue weighted by molar-refractivity contribution is -0.112. The van der Waals surface area contributed by atoms with Crippen LogP contribution >= 0.6 is 22.7 Å². The van der Waals surface area contributed by atoms with Crippen LogP contribution in [0.2, 0.25) is 0 Å². The van der Waals surface area contributed by atoms with Gasteiger partial charge in [-0.15, -0.1) is 0 Å². The van der Waals surface area contributed by atoms with Crippen LogP contribution in [0.15, 0.2) is 44.8 Å². The standard InChI is InChI=1S/C16H14OS2/c17-16-14(8-12-4-6-18-10-12)2-1-3-15(16)9-13-5-7-19-11-13/h4-11H,1-3H2/b14-8-,15-9-. The van der Waals surface area contributed by atoms with Crippen molar-refractivity contribution >= 4 is 40.6 Å². The Balaban J connectivity index is 1.87. The highest BCUT2D eigenvalue weighted by Gasteiger charge is 2.20. The van der Waals surface area contributed by atoms with Crippen LogP contribution in [-0.2, 0) is 4.79 Å². The van der Waals surface area contributed by atoms with Crippen molar-refractivity contribution in [2.75, 3.05) is 0 Å². The van der Waals surface area contributed by atoms with E-state index in [-0.39, 0.29) is 5.78 Å². The smallest absolute Gasteiger partial charge is 0.185 e. The molecule has 0 aromatic carbocycles. The fraction of sp³-hybridized carbons (Fsp3) is 0.188. The van der Waals surface area contributed by atoms with Gasteiger partial charge in [-0.1, -0.05) is 0 Å². The number of hydrogen-bond donors (Lipinski definition) is 0. The van der Waals surface area contributed by atoms with Crippen molar-refractivity contribution in [2.24, 2.45) is 0 Å². The first-order chi connectivity index (χ1) is 9.33. The van der Waals surface area contributed by atoms with Crippen LogP contribution in [0.4, 0.5) is 0 Å². The zero-order valence-corrected chi connectivity index (χ0v) is 12.1. The van der Waals surface area contributed by atoms with E-state index in [1.807, 2.05) is 22.9 Å². The Labute approximate surface area is 120 Å². The van der Waals surface area contributed by atoms with Gasteiger partial charge >= 0.3 is 0 Å². The minimum Gasteiger partial charge on any atom is -0.289 e. The first kappa shape index (κ1) is 12.6. The molecular formula is C16H14OS2. The van der Waals surface area contributed by atoms with Crippen molar-refractivity contribution in [2.45, 2.75) is 19.3 Å². The van der Waals surface area contributed by atoms with E-state index in [1.165, 1.54) is 0 Å². The Kier molecular flexibility index (Phi) is 3.76. The van der Waals surface area contributed by atoms with E-state index in [9.17, 15) is 4.79 Å². The summed E-state index contributed by atoms with van der Waals surface area (Å²) in [4.78, 5) is 12.4. The van der Waals surface area contributed by atoms with Crippen LogP contribution in [0.3, 0.4) is 0 Å². The van der Waals surface area contributed by atoms with E-state index >= 15 is 0 Å². The molecule has 0 unspecified atom stereocenters. The summed E-state index contributed by atoms with van der Waals surface area (Å²) in [5, 5.41) is 8.25. The van der Waals surface area contributed by atoms with Crippen molar-refractivity contribution in [3.05, 3.63) is 55.9 Å². The number of carbonyl (C=O) groups excluding carboxylic acids is 1. The van der Waals surface area contributed by atoms with Gasteiger partial charge in [0.05, 0.1) is 0 Å². The Morgan fingerprint density at radius 2 is 1.42 bits per heavy atom. The van der Waals surface area contributed by atoms with Crippen LogP contribution in [0, 0.1) is 0 Å². The molecule has 0 saturated heterocycles. The summed E-state index contributed by atoms with van der Waals surface area (Å²) < 4.78 is 0. The topological polar surface area (TPSA) is 17.1 Å². The van der Waals surface area contributed by atoms with Crippen molar-refractivity contribution in [1.29, 1.82) is 0 Å². The first-order valence-electron chi connectivity index (χ1n) is 6.33. The zero-order valence-electron chi connectivity index (χ0n) is 10.5. The third kappa shape index (κ3) is 2.94. The van der Waals surface area contributed by atoms with Crippen molar-refractivity contribution < 1.29 is 4.79 Å². The molecule has 1 saturated carbocycles. The summed E-state index contributed by atoms with van der Waals surface area (Å²) in [5.74, 6) is 0.226. The zero-order chi connectivity index (χ0) is 13.1. The molecule has 19 heavy (non-hydrogen) atoms. The Morgan fingerprint density at radius 3 is 1.84 bits per heavy atom. The van der Waals surface area contributed by atoms with Gasteiger partial charge in [0, 0.05) is 11.1 Å². The molecule has 0 aliphatic heterocycles.